The summed E-state index contributed by atoms with van der Waals surface area (Å²) >= 11 is 0. The van der Waals surface area contributed by atoms with Crippen LogP contribution in [-0.2, 0) is 9.59 Å². The zero-order valence-corrected chi connectivity index (χ0v) is 23.0. The van der Waals surface area contributed by atoms with E-state index in [0.717, 1.165) is 31.5 Å². The molecule has 2 aliphatic rings. The number of nitrogens with one attached hydrogen (secondary N) is 2. The monoisotopic (exact) mass is 535 g/mol. The van der Waals surface area contributed by atoms with Crippen LogP contribution in [0.3, 0.4) is 0 Å². The van der Waals surface area contributed by atoms with E-state index in [4.69, 9.17) is 21.0 Å². The second-order valence-corrected chi connectivity index (χ2v) is 10.7. The second kappa shape index (κ2) is 13.0. The highest BCUT2D eigenvalue weighted by Crippen LogP contribution is 2.41. The molecule has 1 saturated heterocycles. The van der Waals surface area contributed by atoms with Gasteiger partial charge >= 0.3 is 5.97 Å². The Bertz CT molecular complexity index is 1180. The first-order chi connectivity index (χ1) is 18.7. The van der Waals surface area contributed by atoms with Gasteiger partial charge in [0, 0.05) is 42.0 Å². The number of hydrogen-bond acceptors (Lipinski definition) is 6. The lowest BCUT2D eigenvalue weighted by Crippen LogP contribution is -2.44. The molecule has 1 unspecified atom stereocenters. The van der Waals surface area contributed by atoms with Gasteiger partial charge < -0.3 is 25.8 Å². The molecular formula is C30H41N5O4. The summed E-state index contributed by atoms with van der Waals surface area (Å²) in [7, 11) is 0. The number of anilines is 2. The number of fused-ring (bicyclic) bond motifs is 1. The van der Waals surface area contributed by atoms with E-state index in [1.54, 1.807) is 23.1 Å². The molecule has 2 heterocycles. The van der Waals surface area contributed by atoms with Crippen molar-refractivity contribution in [2.45, 2.75) is 77.0 Å². The molecule has 0 aromatic heterocycles. The number of ether oxygens (including phenoxy) is 1. The minimum absolute atomic E-state index is 0.000947. The second-order valence-electron chi connectivity index (χ2n) is 10.7. The van der Waals surface area contributed by atoms with E-state index in [1.807, 2.05) is 24.3 Å². The number of carboxylic acids is 1. The highest BCUT2D eigenvalue weighted by atomic mass is 16.5. The van der Waals surface area contributed by atoms with E-state index in [2.05, 4.69) is 24.1 Å². The predicted molar refractivity (Wildman–Crippen MR) is 154 cm³/mol. The summed E-state index contributed by atoms with van der Waals surface area (Å²) in [5.41, 5.74) is 8.30. The molecule has 4 rings (SSSR count). The first-order valence-electron chi connectivity index (χ1n) is 14.0. The minimum Gasteiger partial charge on any atom is -0.481 e. The van der Waals surface area contributed by atoms with E-state index in [-0.39, 0.29) is 24.7 Å². The molecule has 0 radical (unpaired) electrons. The molecule has 1 fully saturated rings. The Morgan fingerprint density at radius 2 is 1.85 bits per heavy atom. The molecule has 0 spiro atoms. The van der Waals surface area contributed by atoms with Crippen LogP contribution in [-0.4, -0.2) is 59.4 Å². The average Bonchev–Trinajstić information content (AvgIpc) is 2.90. The zero-order valence-electron chi connectivity index (χ0n) is 23.0. The Kier molecular flexibility index (Phi) is 9.45. The van der Waals surface area contributed by atoms with Gasteiger partial charge in [0.2, 0.25) is 6.10 Å². The van der Waals surface area contributed by atoms with Gasteiger partial charge in [-0.3, -0.25) is 19.9 Å². The van der Waals surface area contributed by atoms with Gasteiger partial charge in [-0.15, -0.1) is 0 Å². The Morgan fingerprint density at radius 3 is 2.56 bits per heavy atom. The van der Waals surface area contributed by atoms with E-state index in [1.165, 1.54) is 19.3 Å². The lowest BCUT2D eigenvalue weighted by Gasteiger charge is -2.39. The van der Waals surface area contributed by atoms with Crippen LogP contribution in [0, 0.1) is 5.41 Å². The van der Waals surface area contributed by atoms with E-state index in [0.29, 0.717) is 41.2 Å². The molecule has 2 aromatic carbocycles. The minimum atomic E-state index is -0.871. The van der Waals surface area contributed by atoms with Crippen LogP contribution in [0.4, 0.5) is 11.4 Å². The quantitative estimate of drug-likeness (QED) is 0.175. The summed E-state index contributed by atoms with van der Waals surface area (Å²) in [6.07, 6.45) is 5.95. The fourth-order valence-corrected chi connectivity index (χ4v) is 5.66. The number of likely N-dealkylation sites (tertiary alicyclic amines) is 1. The van der Waals surface area contributed by atoms with Crippen molar-refractivity contribution in [3.8, 4) is 5.75 Å². The lowest BCUT2D eigenvalue weighted by molar-refractivity contribution is -0.136. The van der Waals surface area contributed by atoms with Crippen molar-refractivity contribution >= 4 is 29.1 Å². The third-order valence-electron chi connectivity index (χ3n) is 7.83. The fourth-order valence-electron chi connectivity index (χ4n) is 5.66. The van der Waals surface area contributed by atoms with Crippen LogP contribution in [0.15, 0.2) is 42.5 Å². The number of aliphatic carboxylic acids is 1. The Balaban J connectivity index is 1.49. The predicted octanol–water partition coefficient (Wildman–Crippen LogP) is 4.76. The topological polar surface area (TPSA) is 132 Å². The van der Waals surface area contributed by atoms with Crippen LogP contribution in [0.5, 0.6) is 5.75 Å². The Morgan fingerprint density at radius 1 is 1.10 bits per heavy atom. The van der Waals surface area contributed by atoms with Crippen molar-refractivity contribution < 1.29 is 19.4 Å². The number of carboxylic acid groups (broad SMARTS) is 1. The van der Waals surface area contributed by atoms with Gasteiger partial charge in [0.05, 0.1) is 12.1 Å². The number of carbonyl (C=O) groups excluding carboxylic acids is 1. The maximum absolute atomic E-state index is 13.8. The van der Waals surface area contributed by atoms with Crippen molar-refractivity contribution in [2.24, 2.45) is 5.73 Å². The van der Waals surface area contributed by atoms with Crippen LogP contribution in [0.25, 0.3) is 0 Å². The van der Waals surface area contributed by atoms with Crippen LogP contribution >= 0.6 is 0 Å². The average molecular weight is 536 g/mol. The van der Waals surface area contributed by atoms with Gasteiger partial charge in [0.15, 0.2) is 0 Å². The molecule has 2 aromatic rings. The standard InChI is InChI=1S/C30H41N5O4/c1-20-8-6-9-21(2)34(20)16-4-3-5-17-35-25-19-24(33-15-14-27(36)37)12-13-26(25)39-28(30(35)38)22-10-7-11-23(18-22)29(31)32/h7,10-13,18-21,28,33H,3-6,8-9,14-17H2,1-2H3,(H3,31,32)(H,36,37)/t20-,21+,28?. The van der Waals surface area contributed by atoms with Gasteiger partial charge in [-0.2, -0.15) is 0 Å². The number of nitrogen functional groups attached to an aromatic ring is 1. The molecule has 39 heavy (non-hydrogen) atoms. The Labute approximate surface area is 230 Å². The molecular weight excluding hydrogens is 494 g/mol. The van der Waals surface area contributed by atoms with E-state index in [9.17, 15) is 9.59 Å². The van der Waals surface area contributed by atoms with Gasteiger partial charge in [-0.05, 0) is 70.3 Å². The van der Waals surface area contributed by atoms with Gasteiger partial charge in [0.25, 0.3) is 5.91 Å². The number of unbranched alkanes of at least 4 members (excludes halogenated alkanes) is 2. The van der Waals surface area contributed by atoms with Crippen molar-refractivity contribution in [3.63, 3.8) is 0 Å². The molecule has 0 bridgehead atoms. The summed E-state index contributed by atoms with van der Waals surface area (Å²) in [4.78, 5) is 29.1. The third-order valence-corrected chi connectivity index (χ3v) is 7.83. The number of nitrogens with zero attached hydrogens (tertiary/aromatic N) is 2. The summed E-state index contributed by atoms with van der Waals surface area (Å²) in [6.45, 7) is 6.57. The molecule has 9 nitrogen and oxygen atoms in total. The molecule has 0 saturated carbocycles. The third kappa shape index (κ3) is 7.09. The number of rotatable bonds is 12. The molecule has 9 heteroatoms. The van der Waals surface area contributed by atoms with Crippen LogP contribution in [0.2, 0.25) is 0 Å². The van der Waals surface area contributed by atoms with Crippen molar-refractivity contribution in [2.75, 3.05) is 29.9 Å². The van der Waals surface area contributed by atoms with Crippen LogP contribution < -0.4 is 20.7 Å². The number of carbonyl (C=O) groups is 2. The van der Waals surface area contributed by atoms with Gasteiger partial charge in [-0.25, -0.2) is 0 Å². The Hall–Kier alpha value is -3.59. The molecule has 2 aliphatic heterocycles. The van der Waals surface area contributed by atoms with Crippen molar-refractivity contribution in [1.82, 2.24) is 4.90 Å². The maximum atomic E-state index is 13.8. The van der Waals surface area contributed by atoms with Gasteiger partial charge in [-0.1, -0.05) is 31.0 Å². The number of benzene rings is 2. The summed E-state index contributed by atoms with van der Waals surface area (Å²) in [5, 5.41) is 19.9. The lowest BCUT2D eigenvalue weighted by atomic mass is 9.97. The highest BCUT2D eigenvalue weighted by Gasteiger charge is 2.35. The zero-order chi connectivity index (χ0) is 27.9. The fraction of sp³-hybridized carbons (Fsp3) is 0.500. The van der Waals surface area contributed by atoms with E-state index < -0.39 is 12.1 Å². The first-order valence-corrected chi connectivity index (χ1v) is 14.0. The van der Waals surface area contributed by atoms with Crippen molar-refractivity contribution in [1.29, 1.82) is 5.41 Å². The molecule has 5 N–H and O–H groups in total. The number of amidine groups is 1. The smallest absolute Gasteiger partial charge is 0.305 e. The summed E-state index contributed by atoms with van der Waals surface area (Å²) in [6, 6.07) is 13.8. The van der Waals surface area contributed by atoms with Crippen LogP contribution in [0.1, 0.15) is 76.0 Å². The van der Waals surface area contributed by atoms with Gasteiger partial charge in [0.1, 0.15) is 11.6 Å². The largest absolute Gasteiger partial charge is 0.481 e. The summed E-state index contributed by atoms with van der Waals surface area (Å²) in [5.74, 6) is -0.506. The number of amides is 1. The van der Waals surface area contributed by atoms with E-state index >= 15 is 0 Å². The molecule has 1 amide bonds. The SMILES string of the molecule is C[C@@H]1CCC[C@H](C)N1CCCCCN1C(=O)C(c2cccc(C(=N)N)c2)Oc2ccc(NCCC(=O)O)cc21. The number of nitrogens with two attached hydrogens (primary N) is 1. The molecule has 0 aliphatic carbocycles. The number of piperidine rings is 1. The normalized spacial score (nSPS) is 21.2. The highest BCUT2D eigenvalue weighted by molar-refractivity contribution is 6.01. The van der Waals surface area contributed by atoms with Crippen molar-refractivity contribution in [3.05, 3.63) is 53.6 Å². The first kappa shape index (κ1) is 28.4. The summed E-state index contributed by atoms with van der Waals surface area (Å²) < 4.78 is 6.19. The molecule has 210 valence electrons. The number of hydrogen-bond donors (Lipinski definition) is 4. The maximum Gasteiger partial charge on any atom is 0.305 e. The molecule has 3 atom stereocenters.